The summed E-state index contributed by atoms with van der Waals surface area (Å²) >= 11 is 6.00. The van der Waals surface area contributed by atoms with E-state index in [0.29, 0.717) is 16.1 Å². The van der Waals surface area contributed by atoms with E-state index < -0.39 is 50.8 Å². The van der Waals surface area contributed by atoms with Crippen molar-refractivity contribution in [1.82, 2.24) is 4.90 Å². The molecule has 0 N–H and O–H groups in total. The number of halogens is 1. The van der Waals surface area contributed by atoms with Crippen molar-refractivity contribution in [2.45, 2.75) is 37.7 Å². The zero-order valence-corrected chi connectivity index (χ0v) is 13.9. The van der Waals surface area contributed by atoms with Crippen LogP contribution in [0.2, 0.25) is 5.02 Å². The molecule has 2 atom stereocenters. The van der Waals surface area contributed by atoms with Crippen LogP contribution in [-0.2, 0) is 10.3 Å². The van der Waals surface area contributed by atoms with Crippen LogP contribution in [0.25, 0.3) is 0 Å². The maximum absolute atomic E-state index is 8.78. The van der Waals surface area contributed by atoms with Crippen LogP contribution >= 0.6 is 11.6 Å². The third-order valence-electron chi connectivity index (χ3n) is 3.88. The van der Waals surface area contributed by atoms with Crippen LogP contribution in [0.15, 0.2) is 54.6 Å². The Morgan fingerprint density at radius 1 is 1.29 bits per heavy atom. The number of ether oxygens (including phenoxy) is 1. The molecule has 1 aliphatic rings. The first-order chi connectivity index (χ1) is 16.1. The van der Waals surface area contributed by atoms with Crippen molar-refractivity contribution in [2.24, 2.45) is 0 Å². The van der Waals surface area contributed by atoms with Crippen LogP contribution in [-0.4, -0.2) is 30.9 Å². The number of nitrogens with zero attached hydrogens (tertiary/aromatic N) is 1. The van der Waals surface area contributed by atoms with Gasteiger partial charge in [0.25, 0.3) is 0 Å². The lowest BCUT2D eigenvalue weighted by atomic mass is 9.88. The fourth-order valence-corrected chi connectivity index (χ4v) is 2.59. The summed E-state index contributed by atoms with van der Waals surface area (Å²) in [5, 5.41) is 0.416. The molecule has 0 radical (unpaired) electrons. The van der Waals surface area contributed by atoms with Gasteiger partial charge in [-0.1, -0.05) is 54.1 Å². The van der Waals surface area contributed by atoms with Gasteiger partial charge in [0.1, 0.15) is 5.60 Å². The minimum Gasteiger partial charge on any atom is -0.366 e. The molecule has 0 unspecified atom stereocenters. The van der Waals surface area contributed by atoms with E-state index in [1.54, 1.807) is 61.5 Å². The average molecular weight is 356 g/mol. The largest absolute Gasteiger partial charge is 0.366 e. The Labute approximate surface area is 167 Å². The highest BCUT2D eigenvalue weighted by Crippen LogP contribution is 2.34. The molecule has 1 heterocycles. The number of rotatable bonds is 6. The zero-order chi connectivity index (χ0) is 27.6. The van der Waals surface area contributed by atoms with Crippen LogP contribution in [0.4, 0.5) is 0 Å². The Morgan fingerprint density at radius 3 is 2.71 bits per heavy atom. The van der Waals surface area contributed by atoms with E-state index in [9.17, 15) is 0 Å². The Bertz CT molecular complexity index is 1090. The monoisotopic (exact) mass is 355 g/mol. The van der Waals surface area contributed by atoms with Crippen LogP contribution in [0.3, 0.4) is 0 Å². The molecule has 0 aliphatic carbocycles. The minimum atomic E-state index is -3.47. The molecule has 2 aromatic carbocycles. The van der Waals surface area contributed by atoms with Crippen LogP contribution in [0.5, 0.6) is 0 Å². The molecule has 2 nitrogen and oxygen atoms in total. The molecule has 128 valence electrons. The fraction of sp³-hybridized carbons (Fsp3) is 0.429. The summed E-state index contributed by atoms with van der Waals surface area (Å²) in [4.78, 5) is -0.198. The summed E-state index contributed by atoms with van der Waals surface area (Å²) in [5.41, 5.74) is -0.586. The van der Waals surface area contributed by atoms with E-state index in [-0.39, 0.29) is 4.90 Å². The van der Waals surface area contributed by atoms with Gasteiger partial charge in [0.05, 0.1) is 2.74 Å². The Morgan fingerprint density at radius 2 is 2.00 bits per heavy atom. The summed E-state index contributed by atoms with van der Waals surface area (Å²) < 4.78 is 104. The van der Waals surface area contributed by atoms with Crippen LogP contribution in [0.1, 0.15) is 53.7 Å². The molecule has 0 aromatic heterocycles. The Kier molecular flexibility index (Phi) is 2.53. The molecule has 0 spiro atoms. The maximum Gasteiger partial charge on any atom is 0.115 e. The topological polar surface area (TPSA) is 12.5 Å². The van der Waals surface area contributed by atoms with Crippen molar-refractivity contribution in [2.75, 3.05) is 20.0 Å². The molecule has 1 aliphatic heterocycles. The number of hydrogen-bond acceptors (Lipinski definition) is 2. The first-order valence-corrected chi connectivity index (χ1v) is 7.84. The van der Waals surface area contributed by atoms with Gasteiger partial charge in [0.2, 0.25) is 0 Å². The van der Waals surface area contributed by atoms with E-state index in [2.05, 4.69) is 0 Å². The number of hydrogen-bond donors (Lipinski definition) is 0. The Hall–Kier alpha value is -1.35. The summed E-state index contributed by atoms with van der Waals surface area (Å²) in [5.74, 6) is 0. The lowest BCUT2D eigenvalue weighted by molar-refractivity contribution is -0.0117. The lowest BCUT2D eigenvalue weighted by Gasteiger charge is -2.32. The van der Waals surface area contributed by atoms with Crippen molar-refractivity contribution in [3.05, 3.63) is 70.7 Å². The second kappa shape index (κ2) is 7.69. The van der Waals surface area contributed by atoms with Gasteiger partial charge in [-0.25, -0.2) is 0 Å². The molecule has 1 fully saturated rings. The third-order valence-corrected chi connectivity index (χ3v) is 4.13. The van der Waals surface area contributed by atoms with Gasteiger partial charge in [-0.3, -0.25) is 0 Å². The van der Waals surface area contributed by atoms with Gasteiger partial charge in [0.15, 0.2) is 0 Å². The maximum atomic E-state index is 8.78. The number of likely N-dealkylation sites (tertiary alicyclic amines) is 1. The quantitative estimate of drug-likeness (QED) is 0.714. The average Bonchev–Trinajstić information content (AvgIpc) is 2.79. The van der Waals surface area contributed by atoms with Crippen molar-refractivity contribution in [1.29, 1.82) is 0 Å². The van der Waals surface area contributed by atoms with Crippen LogP contribution in [0, 0.1) is 0 Å². The van der Waals surface area contributed by atoms with Crippen LogP contribution < -0.4 is 0 Å². The standard InChI is InChI=1S/C21H26ClNO/c1-21(17-7-4-3-5-8-17,18-10-12-19(22)13-11-18)24-16-14-20-9-6-15-23(20)2/h3-5,7-8,10-13,20H,6,9,14-16H2,1-2H3/t20-,21-/m1/s1/i2D3,6D2,9D2,15D2,16D2,20D. The van der Waals surface area contributed by atoms with Gasteiger partial charge in [-0.05, 0) is 62.8 Å². The van der Waals surface area contributed by atoms with Gasteiger partial charge in [-0.2, -0.15) is 0 Å². The molecule has 0 amide bonds. The number of benzene rings is 2. The molecule has 3 heteroatoms. The smallest absolute Gasteiger partial charge is 0.115 e. The normalized spacial score (nSPS) is 38.8. The van der Waals surface area contributed by atoms with Gasteiger partial charge >= 0.3 is 0 Å². The molecule has 24 heavy (non-hydrogen) atoms. The van der Waals surface area contributed by atoms with E-state index in [1.807, 2.05) is 0 Å². The second-order valence-corrected chi connectivity index (χ2v) is 5.91. The molecule has 0 saturated carbocycles. The molecular weight excluding hydrogens is 318 g/mol. The predicted molar refractivity (Wildman–Crippen MR) is 101 cm³/mol. The summed E-state index contributed by atoms with van der Waals surface area (Å²) in [6.07, 6.45) is -8.23. The van der Waals surface area contributed by atoms with Crippen molar-refractivity contribution in [3.63, 3.8) is 0 Å². The molecule has 2 aromatic rings. The molecule has 3 rings (SSSR count). The zero-order valence-electron chi connectivity index (χ0n) is 25.1. The van der Waals surface area contributed by atoms with Crippen molar-refractivity contribution < 1.29 is 21.2 Å². The Balaban J connectivity index is 2.13. The summed E-state index contributed by atoms with van der Waals surface area (Å²) in [7, 11) is 0. The first kappa shape index (κ1) is 7.90. The minimum absolute atomic E-state index is 0.198. The van der Waals surface area contributed by atoms with E-state index >= 15 is 0 Å². The second-order valence-electron chi connectivity index (χ2n) is 5.47. The van der Waals surface area contributed by atoms with Crippen molar-refractivity contribution >= 4 is 11.6 Å². The van der Waals surface area contributed by atoms with Gasteiger partial charge in [0, 0.05) is 31.3 Å². The van der Waals surface area contributed by atoms with E-state index in [0.717, 1.165) is 0 Å². The fourth-order valence-electron chi connectivity index (χ4n) is 2.46. The molecule has 1 saturated heterocycles. The third kappa shape index (κ3) is 3.83. The highest BCUT2D eigenvalue weighted by atomic mass is 35.5. The van der Waals surface area contributed by atoms with Gasteiger partial charge < -0.3 is 9.64 Å². The SMILES string of the molecule is [2H]C([2H])(C[C@]1([2H])N(C([2H])([2H])[2H])C([2H])([2H])C([2H])([2H])C1([2H])[2H])O[C@](C)(c1ccccc1)c1ccc(Cl)cc1. The summed E-state index contributed by atoms with van der Waals surface area (Å²) in [6, 6.07) is 11.6. The first-order valence-electron chi connectivity index (χ1n) is 13.5. The van der Waals surface area contributed by atoms with Gasteiger partial charge in [-0.15, -0.1) is 0 Å². The molecular formula is C21H26ClNO. The summed E-state index contributed by atoms with van der Waals surface area (Å²) in [6.45, 7) is -8.31. The van der Waals surface area contributed by atoms with Crippen molar-refractivity contribution in [3.8, 4) is 0 Å². The highest BCUT2D eigenvalue weighted by Gasteiger charge is 2.30. The lowest BCUT2D eigenvalue weighted by Crippen LogP contribution is -2.31. The highest BCUT2D eigenvalue weighted by molar-refractivity contribution is 6.30. The van der Waals surface area contributed by atoms with E-state index in [1.165, 1.54) is 0 Å². The molecule has 0 bridgehead atoms. The predicted octanol–water partition coefficient (Wildman–Crippen LogP) is 5.10. The van der Waals surface area contributed by atoms with E-state index in [4.69, 9.17) is 32.8 Å².